The smallest absolute Gasteiger partial charge is 0.274 e. The molecule has 0 spiro atoms. The highest BCUT2D eigenvalue weighted by Crippen LogP contribution is 2.13. The molecular weight excluding hydrogens is 250 g/mol. The third kappa shape index (κ3) is 2.80. The largest absolute Gasteiger partial charge is 0.382 e. The number of carbonyl (C=O) groups is 1. The quantitative estimate of drug-likeness (QED) is 0.858. The first-order chi connectivity index (χ1) is 8.70. The number of amides is 1. The summed E-state index contributed by atoms with van der Waals surface area (Å²) in [5.74, 6) is -0.211. The minimum atomic E-state index is -0.339. The fraction of sp³-hybridized carbons (Fsp3) is 0.273. The maximum Gasteiger partial charge on any atom is 0.274 e. The van der Waals surface area contributed by atoms with Crippen molar-refractivity contribution in [3.05, 3.63) is 34.2 Å². The molecule has 2 aromatic heterocycles. The monoisotopic (exact) mass is 263 g/mol. The minimum absolute atomic E-state index is 0.128. The van der Waals surface area contributed by atoms with E-state index in [2.05, 4.69) is 27.2 Å². The van der Waals surface area contributed by atoms with E-state index in [1.54, 1.807) is 11.3 Å². The lowest BCUT2D eigenvalue weighted by Gasteiger charge is -2.03. The van der Waals surface area contributed by atoms with Crippen molar-refractivity contribution < 1.29 is 4.79 Å². The van der Waals surface area contributed by atoms with Crippen molar-refractivity contribution in [1.29, 1.82) is 0 Å². The van der Waals surface area contributed by atoms with Crippen LogP contribution in [-0.2, 0) is 13.0 Å². The van der Waals surface area contributed by atoms with Gasteiger partial charge in [0.15, 0.2) is 11.5 Å². The fourth-order valence-corrected chi connectivity index (χ4v) is 2.16. The van der Waals surface area contributed by atoms with Gasteiger partial charge in [0.25, 0.3) is 5.91 Å². The SMILES string of the molecule is CCc1cnc(CNC(=O)c2nccnc2N)s1. The van der Waals surface area contributed by atoms with Crippen LogP contribution in [0.3, 0.4) is 0 Å². The number of hydrogen-bond acceptors (Lipinski definition) is 6. The van der Waals surface area contributed by atoms with Crippen LogP contribution in [0.5, 0.6) is 0 Å². The summed E-state index contributed by atoms with van der Waals surface area (Å²) in [6.07, 6.45) is 5.65. The number of anilines is 1. The predicted molar refractivity (Wildman–Crippen MR) is 69.1 cm³/mol. The summed E-state index contributed by atoms with van der Waals surface area (Å²) in [5.41, 5.74) is 5.71. The van der Waals surface area contributed by atoms with Gasteiger partial charge in [-0.1, -0.05) is 6.92 Å². The summed E-state index contributed by atoms with van der Waals surface area (Å²) < 4.78 is 0. The molecule has 0 radical (unpaired) electrons. The van der Waals surface area contributed by atoms with E-state index in [1.165, 1.54) is 17.3 Å². The van der Waals surface area contributed by atoms with Gasteiger partial charge in [0.2, 0.25) is 0 Å². The second-order valence-corrected chi connectivity index (χ2v) is 4.75. The number of rotatable bonds is 4. The molecule has 0 atom stereocenters. The van der Waals surface area contributed by atoms with E-state index in [1.807, 2.05) is 6.20 Å². The number of aromatic nitrogens is 3. The first kappa shape index (κ1) is 12.4. The van der Waals surface area contributed by atoms with E-state index >= 15 is 0 Å². The van der Waals surface area contributed by atoms with Crippen LogP contribution in [-0.4, -0.2) is 20.9 Å². The molecule has 0 saturated heterocycles. The summed E-state index contributed by atoms with van der Waals surface area (Å²) in [6.45, 7) is 2.44. The second kappa shape index (κ2) is 5.54. The summed E-state index contributed by atoms with van der Waals surface area (Å²) in [5, 5.41) is 3.58. The van der Waals surface area contributed by atoms with Crippen LogP contribution in [0.4, 0.5) is 5.82 Å². The average molecular weight is 263 g/mol. The zero-order valence-corrected chi connectivity index (χ0v) is 10.7. The lowest BCUT2D eigenvalue weighted by Crippen LogP contribution is -2.25. The molecule has 1 amide bonds. The molecule has 3 N–H and O–H groups in total. The number of nitrogens with one attached hydrogen (secondary N) is 1. The Morgan fingerprint density at radius 2 is 2.17 bits per heavy atom. The van der Waals surface area contributed by atoms with Crippen molar-refractivity contribution in [2.24, 2.45) is 0 Å². The van der Waals surface area contributed by atoms with Crippen molar-refractivity contribution in [1.82, 2.24) is 20.3 Å². The van der Waals surface area contributed by atoms with Crippen LogP contribution >= 0.6 is 11.3 Å². The Morgan fingerprint density at radius 1 is 1.39 bits per heavy atom. The summed E-state index contributed by atoms with van der Waals surface area (Å²) in [4.78, 5) is 24.9. The number of thiazole rings is 1. The van der Waals surface area contributed by atoms with Gasteiger partial charge in [0, 0.05) is 23.5 Å². The molecule has 6 nitrogen and oxygen atoms in total. The topological polar surface area (TPSA) is 93.8 Å². The molecule has 18 heavy (non-hydrogen) atoms. The zero-order chi connectivity index (χ0) is 13.0. The van der Waals surface area contributed by atoms with Gasteiger partial charge in [-0.15, -0.1) is 11.3 Å². The van der Waals surface area contributed by atoms with Crippen molar-refractivity contribution >= 4 is 23.1 Å². The van der Waals surface area contributed by atoms with Gasteiger partial charge in [0.05, 0.1) is 6.54 Å². The van der Waals surface area contributed by atoms with E-state index in [0.717, 1.165) is 11.4 Å². The lowest BCUT2D eigenvalue weighted by molar-refractivity contribution is 0.0946. The Hall–Kier alpha value is -2.02. The molecular formula is C11H13N5OS. The molecule has 0 saturated carbocycles. The Bertz CT molecular complexity index is 554. The molecule has 2 rings (SSSR count). The van der Waals surface area contributed by atoms with Crippen LogP contribution in [0.15, 0.2) is 18.6 Å². The van der Waals surface area contributed by atoms with E-state index in [9.17, 15) is 4.79 Å². The Kier molecular flexibility index (Phi) is 3.83. The highest BCUT2D eigenvalue weighted by Gasteiger charge is 2.12. The van der Waals surface area contributed by atoms with Crippen LogP contribution in [0.1, 0.15) is 27.3 Å². The van der Waals surface area contributed by atoms with Crippen LogP contribution in [0, 0.1) is 0 Å². The zero-order valence-electron chi connectivity index (χ0n) is 9.88. The number of nitrogen functional groups attached to an aromatic ring is 1. The second-order valence-electron chi connectivity index (χ2n) is 3.55. The fourth-order valence-electron chi connectivity index (χ4n) is 1.36. The van der Waals surface area contributed by atoms with Crippen molar-refractivity contribution in [3.63, 3.8) is 0 Å². The molecule has 0 aliphatic rings. The molecule has 2 aromatic rings. The highest BCUT2D eigenvalue weighted by atomic mass is 32.1. The molecule has 2 heterocycles. The number of carbonyl (C=O) groups excluding carboxylic acids is 1. The van der Waals surface area contributed by atoms with Gasteiger partial charge in [-0.3, -0.25) is 4.79 Å². The van der Waals surface area contributed by atoms with Gasteiger partial charge in [-0.05, 0) is 6.42 Å². The van der Waals surface area contributed by atoms with Crippen LogP contribution in [0.2, 0.25) is 0 Å². The first-order valence-corrected chi connectivity index (χ1v) is 6.30. The molecule has 0 unspecified atom stereocenters. The van der Waals surface area contributed by atoms with Gasteiger partial charge < -0.3 is 11.1 Å². The highest BCUT2D eigenvalue weighted by molar-refractivity contribution is 7.11. The van der Waals surface area contributed by atoms with Crippen molar-refractivity contribution in [2.45, 2.75) is 19.9 Å². The third-order valence-corrected chi connectivity index (χ3v) is 3.43. The van der Waals surface area contributed by atoms with Gasteiger partial charge >= 0.3 is 0 Å². The Morgan fingerprint density at radius 3 is 2.83 bits per heavy atom. The number of nitrogens with two attached hydrogens (primary N) is 1. The van der Waals surface area contributed by atoms with Gasteiger partial charge in [-0.25, -0.2) is 15.0 Å². The average Bonchev–Trinajstić information content (AvgIpc) is 2.84. The Labute approximate surface area is 108 Å². The van der Waals surface area contributed by atoms with E-state index < -0.39 is 0 Å². The number of aryl methyl sites for hydroxylation is 1. The maximum absolute atomic E-state index is 11.8. The lowest BCUT2D eigenvalue weighted by atomic mass is 10.4. The number of nitrogens with zero attached hydrogens (tertiary/aromatic N) is 3. The molecule has 0 aliphatic heterocycles. The normalized spacial score (nSPS) is 10.3. The molecule has 94 valence electrons. The maximum atomic E-state index is 11.8. The van der Waals surface area contributed by atoms with Crippen molar-refractivity contribution in [3.8, 4) is 0 Å². The third-order valence-electron chi connectivity index (χ3n) is 2.29. The summed E-state index contributed by atoms with van der Waals surface area (Å²) >= 11 is 1.58. The van der Waals surface area contributed by atoms with E-state index in [-0.39, 0.29) is 17.4 Å². The molecule has 0 fully saturated rings. The predicted octanol–water partition coefficient (Wildman–Crippen LogP) is 1.01. The summed E-state index contributed by atoms with van der Waals surface area (Å²) in [7, 11) is 0. The van der Waals surface area contributed by atoms with Crippen LogP contribution in [0.25, 0.3) is 0 Å². The molecule has 0 aromatic carbocycles. The summed E-state index contributed by atoms with van der Waals surface area (Å²) in [6, 6.07) is 0. The van der Waals surface area contributed by atoms with Crippen molar-refractivity contribution in [2.75, 3.05) is 5.73 Å². The van der Waals surface area contributed by atoms with E-state index in [4.69, 9.17) is 5.73 Å². The molecule has 0 aliphatic carbocycles. The standard InChI is InChI=1S/C11H13N5OS/c1-2-7-5-15-8(18-7)6-16-11(17)9-10(12)14-4-3-13-9/h3-5H,2,6H2,1H3,(H2,12,14)(H,16,17). The number of hydrogen-bond donors (Lipinski definition) is 2. The van der Waals surface area contributed by atoms with Gasteiger partial charge in [0.1, 0.15) is 5.01 Å². The minimum Gasteiger partial charge on any atom is -0.382 e. The molecule has 7 heteroatoms. The molecule has 0 bridgehead atoms. The van der Waals surface area contributed by atoms with Crippen LogP contribution < -0.4 is 11.1 Å². The first-order valence-electron chi connectivity index (χ1n) is 5.49. The Balaban J connectivity index is 1.98. The van der Waals surface area contributed by atoms with Gasteiger partial charge in [-0.2, -0.15) is 0 Å². The van der Waals surface area contributed by atoms with E-state index in [0.29, 0.717) is 6.54 Å².